The van der Waals surface area contributed by atoms with E-state index >= 15 is 0 Å². The van der Waals surface area contributed by atoms with Crippen LogP contribution in [0.3, 0.4) is 0 Å². The number of ether oxygens (including phenoxy) is 2. The Kier molecular flexibility index (Phi) is 10.7. The van der Waals surface area contributed by atoms with Crippen molar-refractivity contribution < 1.29 is 19.1 Å². The van der Waals surface area contributed by atoms with Crippen molar-refractivity contribution in [2.45, 2.75) is 113 Å². The first-order chi connectivity index (χ1) is 30.5. The quantitative estimate of drug-likeness (QED) is 0.168. The van der Waals surface area contributed by atoms with Gasteiger partial charge in [-0.05, 0) is 123 Å². The van der Waals surface area contributed by atoms with Crippen LogP contribution in [0.25, 0.3) is 0 Å². The Morgan fingerprint density at radius 1 is 0.667 bits per heavy atom. The monoisotopic (exact) mass is 906 g/mol. The highest BCUT2D eigenvalue weighted by atomic mass is 79.9. The molecule has 0 radical (unpaired) electrons. The highest BCUT2D eigenvalue weighted by Gasteiger charge is 2.56. The average Bonchev–Trinajstić information content (AvgIpc) is 4.20. The van der Waals surface area contributed by atoms with Gasteiger partial charge < -0.3 is 20.9 Å². The molecule has 12 rings (SSSR count). The molecule has 0 amide bonds. The van der Waals surface area contributed by atoms with Crippen molar-refractivity contribution in [1.29, 1.82) is 0 Å². The molecule has 4 aromatic carbocycles. The zero-order valence-electron chi connectivity index (χ0n) is 36.2. The van der Waals surface area contributed by atoms with Gasteiger partial charge in [0.2, 0.25) is 23.4 Å². The summed E-state index contributed by atoms with van der Waals surface area (Å²) in [6.07, 6.45) is 19.1. The van der Waals surface area contributed by atoms with Gasteiger partial charge in [-0.25, -0.2) is 29.8 Å². The van der Waals surface area contributed by atoms with Gasteiger partial charge in [0.05, 0.1) is 11.1 Å². The largest absolute Gasteiger partial charge is 0.486 e. The summed E-state index contributed by atoms with van der Waals surface area (Å²) in [6, 6.07) is 29.6. The van der Waals surface area contributed by atoms with Gasteiger partial charge in [-0.15, -0.1) is 12.3 Å². The number of hydrogen-bond donors (Lipinski definition) is 2. The number of fused-ring (bicyclic) bond motifs is 6. The van der Waals surface area contributed by atoms with E-state index in [4.69, 9.17) is 47.0 Å². The summed E-state index contributed by atoms with van der Waals surface area (Å²) < 4.78 is 14.4. The third-order valence-corrected chi connectivity index (χ3v) is 14.1. The lowest BCUT2D eigenvalue weighted by molar-refractivity contribution is -0.205. The van der Waals surface area contributed by atoms with Gasteiger partial charge in [-0.2, -0.15) is 0 Å². The summed E-state index contributed by atoms with van der Waals surface area (Å²) in [5, 5.41) is 3.14. The fourth-order valence-corrected chi connectivity index (χ4v) is 10.5. The smallest absolute Gasteiger partial charge is 0.222 e. The minimum absolute atomic E-state index is 0.359. The van der Waals surface area contributed by atoms with Crippen LogP contribution in [0.15, 0.2) is 99.4 Å². The van der Waals surface area contributed by atoms with E-state index in [1.165, 1.54) is 47.9 Å². The molecule has 4 unspecified atom stereocenters. The second-order valence-corrected chi connectivity index (χ2v) is 19.5. The predicted octanol–water partition coefficient (Wildman–Crippen LogP) is 8.82. The molecule has 4 spiro atoms. The Bertz CT molecular complexity index is 2610. The van der Waals surface area contributed by atoms with Crippen LogP contribution in [-0.2, 0) is 46.8 Å². The number of guanidine groups is 2. The number of halogens is 1. The molecule has 4 atom stereocenters. The lowest BCUT2D eigenvalue weighted by Crippen LogP contribution is -2.49. The lowest BCUT2D eigenvalue weighted by atomic mass is 9.79. The molecule has 8 aliphatic rings. The SMILES string of the molecule is C#CC1CC1.CN1OC2(CC3(CCCc4ccccc4C3)Oc3ccc(Br)cc32)N=C1N.CN1OC2(CC3(CCCc4ccccc4C3)Oc3ccc(C#CC4CC4)cc32)N=C1N. The zero-order chi connectivity index (χ0) is 43.4. The van der Waals surface area contributed by atoms with E-state index < -0.39 is 11.4 Å². The highest BCUT2D eigenvalue weighted by Crippen LogP contribution is 2.54. The number of terminal acetylenes is 1. The standard InChI is InChI=1S/C26H27N3O2.C21H22BrN3O2.C5H6/c1-29-24(27)28-26(31-29)17-25(14-4-7-20-5-2-3-6-21(20)16-25)30-23-13-12-19(15-22(23)26)11-10-18-8-9-18;1-25-19(23)24-21(27-25)13-20(26-18-9-8-16(22)11-17(18)21)10-4-7-14-5-2-3-6-15(14)12-20;1-2-5-3-4-5/h2-3,5-6,12-13,15,18H,4,7-9,14,16-17H2,1H3,(H2,27,28);2-3,5-6,8-9,11H,4,7,10,12-13H2,1H3,(H2,23,24);1,5H,3-4H2. The number of benzene rings is 4. The third kappa shape index (κ3) is 8.40. The molecule has 4 aliphatic carbocycles. The molecule has 4 heterocycles. The fourth-order valence-electron chi connectivity index (χ4n) is 10.1. The molecule has 63 heavy (non-hydrogen) atoms. The Hall–Kier alpha value is -5.46. The number of rotatable bonds is 0. The second kappa shape index (κ2) is 16.3. The second-order valence-electron chi connectivity index (χ2n) is 18.5. The lowest BCUT2D eigenvalue weighted by Gasteiger charge is -2.45. The number of aliphatic imine (C=N–C) groups is 2. The topological polar surface area (TPSA) is 120 Å². The van der Waals surface area contributed by atoms with Gasteiger partial charge in [0, 0.05) is 61.7 Å². The minimum Gasteiger partial charge on any atom is -0.486 e. The van der Waals surface area contributed by atoms with Crippen LogP contribution in [0.4, 0.5) is 0 Å². The average molecular weight is 908 g/mol. The maximum atomic E-state index is 6.79. The number of nitrogens with two attached hydrogens (primary N) is 2. The van der Waals surface area contributed by atoms with Crippen LogP contribution in [-0.4, -0.2) is 47.3 Å². The van der Waals surface area contributed by atoms with Crippen LogP contribution in [0.2, 0.25) is 0 Å². The van der Waals surface area contributed by atoms with E-state index in [1.807, 2.05) is 31.3 Å². The molecule has 324 valence electrons. The number of nitrogens with zero attached hydrogens (tertiary/aromatic N) is 4. The fraction of sp³-hybridized carbons (Fsp3) is 0.423. The Labute approximate surface area is 379 Å². The van der Waals surface area contributed by atoms with Crippen molar-refractivity contribution in [3.63, 3.8) is 0 Å². The molecule has 4 N–H and O–H groups in total. The van der Waals surface area contributed by atoms with Crippen LogP contribution >= 0.6 is 15.9 Å². The maximum absolute atomic E-state index is 6.79. The maximum Gasteiger partial charge on any atom is 0.222 e. The van der Waals surface area contributed by atoms with Gasteiger partial charge in [0.25, 0.3) is 0 Å². The van der Waals surface area contributed by atoms with E-state index in [9.17, 15) is 0 Å². The summed E-state index contributed by atoms with van der Waals surface area (Å²) in [7, 11) is 3.62. The molecule has 11 heteroatoms. The van der Waals surface area contributed by atoms with Gasteiger partial charge in [0.15, 0.2) is 0 Å². The number of hydrogen-bond acceptors (Lipinski definition) is 10. The number of aryl methyl sites for hydroxylation is 2. The first-order valence-electron chi connectivity index (χ1n) is 22.5. The summed E-state index contributed by atoms with van der Waals surface area (Å²) in [5.74, 6) is 13.0. The summed E-state index contributed by atoms with van der Waals surface area (Å²) in [5.41, 5.74) is 18.2. The van der Waals surface area contributed by atoms with Crippen molar-refractivity contribution in [2.75, 3.05) is 14.1 Å². The van der Waals surface area contributed by atoms with Crippen LogP contribution < -0.4 is 20.9 Å². The molecule has 2 fully saturated rings. The Morgan fingerprint density at radius 2 is 1.16 bits per heavy atom. The molecular formula is C52H55BrN6O4. The molecule has 0 bridgehead atoms. The molecule has 4 aromatic rings. The van der Waals surface area contributed by atoms with E-state index in [2.05, 4.69) is 94.4 Å². The van der Waals surface area contributed by atoms with Gasteiger partial charge in [-0.1, -0.05) is 76.3 Å². The molecule has 2 saturated carbocycles. The molecular weight excluding hydrogens is 853 g/mol. The molecule has 4 aliphatic heterocycles. The van der Waals surface area contributed by atoms with Crippen LogP contribution in [0.5, 0.6) is 11.5 Å². The van der Waals surface area contributed by atoms with Gasteiger partial charge in [0.1, 0.15) is 22.7 Å². The normalized spacial score (nSPS) is 28.3. The highest BCUT2D eigenvalue weighted by molar-refractivity contribution is 9.10. The van der Waals surface area contributed by atoms with Crippen molar-refractivity contribution in [3.8, 4) is 35.7 Å². The summed E-state index contributed by atoms with van der Waals surface area (Å²) in [6.45, 7) is 0. The van der Waals surface area contributed by atoms with Crippen molar-refractivity contribution in [3.05, 3.63) is 128 Å². The van der Waals surface area contributed by atoms with Gasteiger partial charge in [-0.3, -0.25) is 0 Å². The molecule has 0 saturated heterocycles. The van der Waals surface area contributed by atoms with Crippen LogP contribution in [0, 0.1) is 36.0 Å². The summed E-state index contributed by atoms with van der Waals surface area (Å²) in [4.78, 5) is 22.2. The Morgan fingerprint density at radius 3 is 1.62 bits per heavy atom. The first kappa shape index (κ1) is 41.5. The van der Waals surface area contributed by atoms with Crippen molar-refractivity contribution >= 4 is 27.8 Å². The van der Waals surface area contributed by atoms with E-state index in [1.54, 1.807) is 17.2 Å². The van der Waals surface area contributed by atoms with Crippen molar-refractivity contribution in [1.82, 2.24) is 10.1 Å². The zero-order valence-corrected chi connectivity index (χ0v) is 37.8. The van der Waals surface area contributed by atoms with E-state index in [0.29, 0.717) is 36.6 Å². The van der Waals surface area contributed by atoms with Crippen molar-refractivity contribution in [2.24, 2.45) is 33.3 Å². The first-order valence-corrected chi connectivity index (χ1v) is 23.3. The van der Waals surface area contributed by atoms with E-state index in [-0.39, 0.29) is 11.2 Å². The molecule has 10 nitrogen and oxygen atoms in total. The summed E-state index contributed by atoms with van der Waals surface area (Å²) >= 11 is 3.57. The van der Waals surface area contributed by atoms with Crippen LogP contribution in [0.1, 0.15) is 103 Å². The minimum atomic E-state index is -0.872. The van der Waals surface area contributed by atoms with Gasteiger partial charge >= 0.3 is 0 Å². The molecule has 0 aromatic heterocycles. The third-order valence-electron chi connectivity index (χ3n) is 13.6. The Balaban J connectivity index is 0.000000136. The van der Waals surface area contributed by atoms with E-state index in [0.717, 1.165) is 84.0 Å². The predicted molar refractivity (Wildman–Crippen MR) is 248 cm³/mol. The number of hydroxylamine groups is 4.